The molecule has 2 aromatic carbocycles. The topological polar surface area (TPSA) is 80.9 Å². The molecule has 0 saturated heterocycles. The maximum atomic E-state index is 14.0. The Morgan fingerprint density at radius 2 is 1.47 bits per heavy atom. The predicted molar refractivity (Wildman–Crippen MR) is 97.0 cm³/mol. The minimum Gasteiger partial charge on any atom is -0.364 e. The summed E-state index contributed by atoms with van der Waals surface area (Å²) in [5, 5.41) is 9.50. The summed E-state index contributed by atoms with van der Waals surface area (Å²) in [5.41, 5.74) is 3.34. The van der Waals surface area contributed by atoms with Gasteiger partial charge in [0.1, 0.15) is 22.2 Å². The lowest BCUT2D eigenvalue weighted by Crippen LogP contribution is -2.16. The van der Waals surface area contributed by atoms with Gasteiger partial charge in [-0.3, -0.25) is 4.79 Å². The molecule has 30 heavy (non-hydrogen) atoms. The van der Waals surface area contributed by atoms with E-state index in [9.17, 15) is 33.0 Å². The summed E-state index contributed by atoms with van der Waals surface area (Å²) in [6.45, 7) is 0. The minimum absolute atomic E-state index is 0.153. The first-order chi connectivity index (χ1) is 13.7. The molecule has 160 valence electrons. The Morgan fingerprint density at radius 3 is 1.97 bits per heavy atom. The van der Waals surface area contributed by atoms with Crippen molar-refractivity contribution < 1.29 is 33.0 Å². The van der Waals surface area contributed by atoms with E-state index in [2.05, 4.69) is 15.5 Å². The smallest absolute Gasteiger partial charge is 0.310 e. The van der Waals surface area contributed by atoms with Gasteiger partial charge in [0.25, 0.3) is 5.91 Å². The lowest BCUT2D eigenvalue weighted by Gasteiger charge is -2.40. The van der Waals surface area contributed by atoms with Gasteiger partial charge >= 0.3 is 10.2 Å². The van der Waals surface area contributed by atoms with E-state index in [-0.39, 0.29) is 29.2 Å². The number of nitrogens with zero attached hydrogens (tertiary/aromatic N) is 2. The predicted octanol–water partition coefficient (Wildman–Crippen LogP) is 5.92. The Labute approximate surface area is 164 Å². The van der Waals surface area contributed by atoms with Crippen molar-refractivity contribution in [2.45, 2.75) is 4.90 Å². The molecule has 3 aromatic rings. The highest BCUT2D eigenvalue weighted by Gasteiger charge is 2.65. The van der Waals surface area contributed by atoms with Crippen LogP contribution in [0.5, 0.6) is 0 Å². The average Bonchev–Trinajstić information content (AvgIpc) is 2.60. The number of rotatable bonds is 5. The van der Waals surface area contributed by atoms with Crippen LogP contribution in [-0.2, 0) is 0 Å². The van der Waals surface area contributed by atoms with Crippen molar-refractivity contribution in [3.05, 3.63) is 65.9 Å². The Balaban J connectivity index is 2.04. The van der Waals surface area contributed by atoms with Gasteiger partial charge in [-0.05, 0) is 42.5 Å². The molecule has 1 amide bonds. The maximum absolute atomic E-state index is 14.0. The van der Waals surface area contributed by atoms with Crippen LogP contribution in [0, 0.1) is 11.6 Å². The van der Waals surface area contributed by atoms with E-state index in [1.807, 2.05) is 0 Å². The Kier molecular flexibility index (Phi) is 4.50. The van der Waals surface area contributed by atoms with Crippen molar-refractivity contribution in [3.63, 3.8) is 0 Å². The number of halogens is 7. The van der Waals surface area contributed by atoms with Gasteiger partial charge in [0, 0.05) is 5.69 Å². The third kappa shape index (κ3) is 4.45. The number of amides is 1. The van der Waals surface area contributed by atoms with Crippen molar-refractivity contribution in [1.82, 2.24) is 10.2 Å². The van der Waals surface area contributed by atoms with E-state index >= 15 is 0 Å². The maximum Gasteiger partial charge on any atom is 0.310 e. The van der Waals surface area contributed by atoms with E-state index in [0.717, 1.165) is 24.3 Å². The average molecular weight is 452 g/mol. The minimum atomic E-state index is -9.86. The normalized spacial score (nSPS) is 14.0. The second-order valence-electron chi connectivity index (χ2n) is 6.07. The molecule has 0 atom stereocenters. The summed E-state index contributed by atoms with van der Waals surface area (Å²) >= 11 is 0. The van der Waals surface area contributed by atoms with Crippen molar-refractivity contribution in [2.75, 3.05) is 5.32 Å². The van der Waals surface area contributed by atoms with Crippen LogP contribution < -0.4 is 11.1 Å². The summed E-state index contributed by atoms with van der Waals surface area (Å²) in [6.07, 6.45) is 0. The van der Waals surface area contributed by atoms with Crippen LogP contribution >= 0.6 is 10.2 Å². The summed E-state index contributed by atoms with van der Waals surface area (Å²) in [5.74, 6) is -3.07. The van der Waals surface area contributed by atoms with Crippen molar-refractivity contribution in [1.29, 1.82) is 0 Å². The molecule has 0 radical (unpaired) electrons. The molecule has 0 unspecified atom stereocenters. The Hall–Kier alpha value is -3.35. The second-order valence-corrected chi connectivity index (χ2v) is 8.48. The fourth-order valence-electron chi connectivity index (χ4n) is 2.48. The number of anilines is 2. The highest BCUT2D eigenvalue weighted by molar-refractivity contribution is 8.45. The van der Waals surface area contributed by atoms with Crippen molar-refractivity contribution in [3.8, 4) is 11.3 Å². The van der Waals surface area contributed by atoms with E-state index in [4.69, 9.17) is 5.73 Å². The number of nitrogens with two attached hydrogens (primary N) is 1. The van der Waals surface area contributed by atoms with E-state index < -0.39 is 43.9 Å². The zero-order chi connectivity index (χ0) is 22.4. The molecule has 1 aromatic heterocycles. The molecule has 0 aliphatic rings. The third-order valence-corrected chi connectivity index (χ3v) is 4.99. The molecule has 1 heterocycles. The van der Waals surface area contributed by atoms with E-state index in [1.165, 1.54) is 0 Å². The molecule has 5 nitrogen and oxygen atoms in total. The molecule has 3 N–H and O–H groups in total. The molecule has 13 heteroatoms. The molecule has 0 aliphatic heterocycles. The summed E-state index contributed by atoms with van der Waals surface area (Å²) in [6, 6.07) is 5.68. The molecular weight excluding hydrogens is 441 g/mol. The largest absolute Gasteiger partial charge is 0.364 e. The Bertz CT molecular complexity index is 1130. The lowest BCUT2D eigenvalue weighted by molar-refractivity contribution is 0.0995. The van der Waals surface area contributed by atoms with Crippen molar-refractivity contribution >= 4 is 27.5 Å². The van der Waals surface area contributed by atoms with E-state index in [1.54, 1.807) is 0 Å². The number of primary amides is 1. The number of carbonyl (C=O) groups excluding carboxylic acids is 1. The van der Waals surface area contributed by atoms with Crippen molar-refractivity contribution in [2.24, 2.45) is 5.73 Å². The van der Waals surface area contributed by atoms with Gasteiger partial charge in [0.15, 0.2) is 5.69 Å². The number of aromatic nitrogens is 2. The first-order valence-corrected chi connectivity index (χ1v) is 9.84. The summed E-state index contributed by atoms with van der Waals surface area (Å²) in [7, 11) is -9.86. The van der Waals surface area contributed by atoms with Crippen LogP contribution in [0.25, 0.3) is 11.3 Å². The van der Waals surface area contributed by atoms with Gasteiger partial charge < -0.3 is 11.1 Å². The monoisotopic (exact) mass is 452 g/mol. The highest BCUT2D eigenvalue weighted by Crippen LogP contribution is 3.02. The van der Waals surface area contributed by atoms with Crippen LogP contribution in [0.15, 0.2) is 53.4 Å². The van der Waals surface area contributed by atoms with Gasteiger partial charge in [0.05, 0.1) is 11.3 Å². The first kappa shape index (κ1) is 21.4. The molecule has 0 bridgehead atoms. The number of nitrogens with one attached hydrogen (secondary N) is 1. The zero-order valence-corrected chi connectivity index (χ0v) is 15.4. The molecule has 0 saturated carbocycles. The van der Waals surface area contributed by atoms with Crippen LogP contribution in [0.2, 0.25) is 0 Å². The summed E-state index contributed by atoms with van der Waals surface area (Å²) in [4.78, 5) is 9.44. The highest BCUT2D eigenvalue weighted by atomic mass is 32.5. The molecule has 0 spiro atoms. The van der Waals surface area contributed by atoms with Gasteiger partial charge in [-0.15, -0.1) is 10.2 Å². The molecular formula is C17H11F7N4OS. The van der Waals surface area contributed by atoms with Gasteiger partial charge in [-0.2, -0.15) is 0 Å². The van der Waals surface area contributed by atoms with Crippen LogP contribution in [-0.4, -0.2) is 16.1 Å². The molecule has 0 fully saturated rings. The lowest BCUT2D eigenvalue weighted by atomic mass is 10.1. The fourth-order valence-corrected chi connectivity index (χ4v) is 3.14. The van der Waals surface area contributed by atoms with Gasteiger partial charge in [-0.1, -0.05) is 25.5 Å². The molecule has 3 rings (SSSR count). The molecule has 0 aliphatic carbocycles. The SMILES string of the molecule is NC(=O)c1nnc(-c2c(F)cccc2F)cc1Nc1ccc(S(F)(F)(F)(F)F)cc1. The van der Waals surface area contributed by atoms with Gasteiger partial charge in [0.2, 0.25) is 0 Å². The number of hydrogen-bond acceptors (Lipinski definition) is 4. The van der Waals surface area contributed by atoms with Crippen LogP contribution in [0.4, 0.5) is 39.6 Å². The third-order valence-electron chi connectivity index (χ3n) is 3.82. The fraction of sp³-hybridized carbons (Fsp3) is 0. The van der Waals surface area contributed by atoms with E-state index in [0.29, 0.717) is 12.1 Å². The summed E-state index contributed by atoms with van der Waals surface area (Å²) < 4.78 is 92.1. The second kappa shape index (κ2) is 6.32. The standard InChI is InChI=1S/C17H11F7N4OS/c18-11-2-1-3-12(19)15(11)13-8-14(16(17(25)29)28-27-13)26-9-4-6-10(7-5-9)30(20,21,22,23)24/h1-8H,(H2,25,29)(H,26,27). The first-order valence-electron chi connectivity index (χ1n) is 7.89. The Morgan fingerprint density at radius 1 is 0.900 bits per heavy atom. The number of benzene rings is 2. The van der Waals surface area contributed by atoms with Gasteiger partial charge in [-0.25, -0.2) is 8.78 Å². The van der Waals surface area contributed by atoms with Crippen LogP contribution in [0.3, 0.4) is 0 Å². The number of hydrogen-bond donors (Lipinski definition) is 2. The zero-order valence-electron chi connectivity index (χ0n) is 14.6. The quantitative estimate of drug-likeness (QED) is 0.471. The number of carbonyl (C=O) groups is 1. The van der Waals surface area contributed by atoms with Crippen LogP contribution in [0.1, 0.15) is 10.5 Å².